The highest BCUT2D eigenvalue weighted by atomic mass is 31.2. The van der Waals surface area contributed by atoms with E-state index in [1.165, 1.54) is 83.5 Å². The maximum atomic E-state index is 12.1. The summed E-state index contributed by atoms with van der Waals surface area (Å²) in [6.07, 6.45) is 40.7. The van der Waals surface area contributed by atoms with E-state index in [0.29, 0.717) is 6.42 Å². The lowest BCUT2D eigenvalue weighted by Crippen LogP contribution is -2.27. The number of esters is 1. The lowest BCUT2D eigenvalue weighted by molar-refractivity contribution is -0.147. The van der Waals surface area contributed by atoms with Crippen LogP contribution in [0.4, 0.5) is 0 Å². The van der Waals surface area contributed by atoms with E-state index in [-0.39, 0.29) is 32.1 Å². The molecule has 0 aliphatic heterocycles. The van der Waals surface area contributed by atoms with Crippen LogP contribution in [0.15, 0.2) is 36.5 Å². The molecule has 10 heteroatoms. The summed E-state index contributed by atoms with van der Waals surface area (Å²) >= 11 is 0. The van der Waals surface area contributed by atoms with Gasteiger partial charge in [0.05, 0.1) is 13.2 Å². The van der Waals surface area contributed by atoms with Crippen LogP contribution in [0.3, 0.4) is 0 Å². The summed E-state index contributed by atoms with van der Waals surface area (Å²) in [5, 5.41) is 12.7. The molecule has 0 bridgehead atoms. The van der Waals surface area contributed by atoms with Gasteiger partial charge in [-0.15, -0.1) is 0 Å². The molecule has 0 heterocycles. The Morgan fingerprint density at radius 1 is 0.627 bits per heavy atom. The molecule has 0 aliphatic rings. The number of rotatable bonds is 38. The van der Waals surface area contributed by atoms with Gasteiger partial charge in [-0.3, -0.25) is 18.6 Å². The summed E-state index contributed by atoms with van der Waals surface area (Å²) < 4.78 is 26.8. The number of nitrogens with one attached hydrogen (secondary N) is 1. The maximum absolute atomic E-state index is 12.1. The molecule has 0 saturated heterocycles. The number of hydrogen-bond donors (Lipinski definition) is 3. The quantitative estimate of drug-likeness (QED) is 0.0247. The van der Waals surface area contributed by atoms with Crippen molar-refractivity contribution in [1.29, 1.82) is 0 Å². The smallest absolute Gasteiger partial charge is 0.463 e. The van der Waals surface area contributed by atoms with Gasteiger partial charge >= 0.3 is 13.8 Å². The van der Waals surface area contributed by atoms with Crippen molar-refractivity contribution in [2.75, 3.05) is 26.4 Å². The van der Waals surface area contributed by atoms with Gasteiger partial charge in [-0.05, 0) is 44.9 Å². The Kier molecular flexibility index (Phi) is 36.7. The van der Waals surface area contributed by atoms with E-state index in [2.05, 4.69) is 55.6 Å². The van der Waals surface area contributed by atoms with Crippen molar-refractivity contribution in [3.8, 4) is 0 Å². The molecule has 0 aromatic heterocycles. The summed E-state index contributed by atoms with van der Waals surface area (Å²) in [6.45, 7) is 3.43. The normalized spacial score (nSPS) is 13.7. The van der Waals surface area contributed by atoms with Crippen molar-refractivity contribution in [3.05, 3.63) is 36.5 Å². The minimum absolute atomic E-state index is 0.0824. The molecular weight excluding hydrogens is 665 g/mol. The number of aliphatic hydroxyl groups excluding tert-OH is 1. The zero-order valence-corrected chi connectivity index (χ0v) is 33.4. The van der Waals surface area contributed by atoms with Crippen LogP contribution in [0.25, 0.3) is 0 Å². The third kappa shape index (κ3) is 39.3. The van der Waals surface area contributed by atoms with Crippen molar-refractivity contribution in [2.24, 2.45) is 0 Å². The number of aliphatic hydroxyl groups is 1. The zero-order valence-electron chi connectivity index (χ0n) is 32.5. The molecule has 0 spiro atoms. The Hall–Kier alpha value is -1.77. The van der Waals surface area contributed by atoms with Crippen molar-refractivity contribution < 1.29 is 37.9 Å². The Bertz CT molecular complexity index is 939. The second-order valence-electron chi connectivity index (χ2n) is 13.6. The van der Waals surface area contributed by atoms with Gasteiger partial charge in [-0.25, -0.2) is 4.57 Å². The number of phosphoric acid groups is 1. The largest absolute Gasteiger partial charge is 0.472 e. The molecule has 0 saturated carbocycles. The molecule has 0 aromatic carbocycles. The number of amides is 1. The lowest BCUT2D eigenvalue weighted by Gasteiger charge is -2.15. The Labute approximate surface area is 312 Å². The molecule has 3 N–H and O–H groups in total. The number of allylic oxidation sites excluding steroid dienone is 6. The second-order valence-corrected chi connectivity index (χ2v) is 15.0. The standard InChI is InChI=1S/C41H76NO8P/c1-3-5-7-9-11-13-15-17-18-19-20-22-24-26-28-30-32-34-41(45)48-37-39(43)38-50-51(46,47)49-36-35-42-40(44)33-31-29-27-25-23-21-16-14-12-10-8-6-4-2/h5,7,11,13,17-18,39,43H,3-4,6,8-10,12,14-16,19-38H2,1-2H3,(H,42,44)(H,46,47)/b7-5-,13-11-,18-17-. The van der Waals surface area contributed by atoms with Crippen LogP contribution < -0.4 is 5.32 Å². The monoisotopic (exact) mass is 742 g/mol. The van der Waals surface area contributed by atoms with Gasteiger partial charge < -0.3 is 20.1 Å². The second kappa shape index (κ2) is 38.0. The summed E-state index contributed by atoms with van der Waals surface area (Å²) in [6, 6.07) is 0. The maximum Gasteiger partial charge on any atom is 0.472 e. The van der Waals surface area contributed by atoms with Crippen LogP contribution in [0.1, 0.15) is 181 Å². The molecule has 1 amide bonds. The Morgan fingerprint density at radius 3 is 1.69 bits per heavy atom. The van der Waals surface area contributed by atoms with Gasteiger partial charge in [0.2, 0.25) is 5.91 Å². The number of hydrogen-bond acceptors (Lipinski definition) is 7. The Balaban J connectivity index is 3.62. The molecule has 0 fully saturated rings. The SMILES string of the molecule is CC/C=C\C/C=C\C/C=C\CCCCCCCCCC(=O)OCC(O)COP(=O)(O)OCCNC(=O)CCCCCCCCCCCCCCC. The van der Waals surface area contributed by atoms with Crippen LogP contribution in [0.2, 0.25) is 0 Å². The number of phosphoric ester groups is 1. The molecule has 0 rings (SSSR count). The van der Waals surface area contributed by atoms with Crippen molar-refractivity contribution in [1.82, 2.24) is 5.32 Å². The van der Waals surface area contributed by atoms with E-state index in [1.54, 1.807) is 0 Å². The van der Waals surface area contributed by atoms with Crippen molar-refractivity contribution in [2.45, 2.75) is 187 Å². The molecular formula is C41H76NO8P. The van der Waals surface area contributed by atoms with E-state index >= 15 is 0 Å². The fraction of sp³-hybridized carbons (Fsp3) is 0.805. The van der Waals surface area contributed by atoms with Gasteiger partial charge in [0, 0.05) is 19.4 Å². The number of carbonyl (C=O) groups is 2. The Morgan fingerprint density at radius 2 is 1.12 bits per heavy atom. The number of carbonyl (C=O) groups excluding carboxylic acids is 2. The first kappa shape index (κ1) is 49.2. The van der Waals surface area contributed by atoms with Crippen molar-refractivity contribution in [3.63, 3.8) is 0 Å². The summed E-state index contributed by atoms with van der Waals surface area (Å²) in [5.74, 6) is -0.525. The fourth-order valence-corrected chi connectivity index (χ4v) is 6.27. The van der Waals surface area contributed by atoms with Gasteiger partial charge in [-0.1, -0.05) is 159 Å². The predicted octanol–water partition coefficient (Wildman–Crippen LogP) is 11.0. The summed E-state index contributed by atoms with van der Waals surface area (Å²) in [5.41, 5.74) is 0. The molecule has 2 atom stereocenters. The molecule has 51 heavy (non-hydrogen) atoms. The number of ether oxygens (including phenoxy) is 1. The van der Waals surface area contributed by atoms with Gasteiger partial charge in [0.25, 0.3) is 0 Å². The van der Waals surface area contributed by atoms with Gasteiger partial charge in [0.15, 0.2) is 0 Å². The fourth-order valence-electron chi connectivity index (χ4n) is 5.51. The molecule has 9 nitrogen and oxygen atoms in total. The average Bonchev–Trinajstić information content (AvgIpc) is 3.11. The zero-order chi connectivity index (χ0) is 37.5. The molecule has 0 aromatic rings. The van der Waals surface area contributed by atoms with E-state index in [4.69, 9.17) is 13.8 Å². The number of unbranched alkanes of at least 4 members (excludes halogenated alkanes) is 19. The van der Waals surface area contributed by atoms with Crippen LogP contribution in [0, 0.1) is 0 Å². The highest BCUT2D eigenvalue weighted by Crippen LogP contribution is 2.42. The van der Waals surface area contributed by atoms with Crippen LogP contribution in [0.5, 0.6) is 0 Å². The predicted molar refractivity (Wildman–Crippen MR) is 211 cm³/mol. The van der Waals surface area contributed by atoms with Crippen LogP contribution >= 0.6 is 7.82 Å². The van der Waals surface area contributed by atoms with Crippen molar-refractivity contribution >= 4 is 19.7 Å². The van der Waals surface area contributed by atoms with Crippen LogP contribution in [-0.2, 0) is 27.9 Å². The topological polar surface area (TPSA) is 131 Å². The average molecular weight is 742 g/mol. The first-order chi connectivity index (χ1) is 24.8. The molecule has 0 radical (unpaired) electrons. The van der Waals surface area contributed by atoms with Gasteiger partial charge in [0.1, 0.15) is 12.7 Å². The van der Waals surface area contributed by atoms with E-state index < -0.39 is 26.5 Å². The first-order valence-corrected chi connectivity index (χ1v) is 22.0. The molecule has 2 unspecified atom stereocenters. The summed E-state index contributed by atoms with van der Waals surface area (Å²) in [7, 11) is -4.41. The summed E-state index contributed by atoms with van der Waals surface area (Å²) in [4.78, 5) is 33.8. The highest BCUT2D eigenvalue weighted by Gasteiger charge is 2.23. The van der Waals surface area contributed by atoms with Gasteiger partial charge in [-0.2, -0.15) is 0 Å². The molecule has 0 aliphatic carbocycles. The minimum atomic E-state index is -4.41. The highest BCUT2D eigenvalue weighted by molar-refractivity contribution is 7.47. The van der Waals surface area contributed by atoms with Crippen LogP contribution in [-0.4, -0.2) is 54.3 Å². The lowest BCUT2D eigenvalue weighted by atomic mass is 10.0. The molecule has 298 valence electrons. The minimum Gasteiger partial charge on any atom is -0.463 e. The van der Waals surface area contributed by atoms with E-state index in [0.717, 1.165) is 70.6 Å². The first-order valence-electron chi connectivity index (χ1n) is 20.5. The van der Waals surface area contributed by atoms with E-state index in [1.807, 2.05) is 0 Å². The third-order valence-electron chi connectivity index (χ3n) is 8.58. The third-order valence-corrected chi connectivity index (χ3v) is 9.57. The van der Waals surface area contributed by atoms with E-state index in [9.17, 15) is 24.2 Å².